The fraction of sp³-hybridized carbons (Fsp3) is 0.200. The monoisotopic (exact) mass is 506 g/mol. The number of carbonyl (C=O) groups is 2. The van der Waals surface area contributed by atoms with Crippen LogP contribution in [0.4, 0.5) is 0 Å². The molecule has 0 aliphatic carbocycles. The maximum Gasteiger partial charge on any atom is 0.346 e. The second kappa shape index (κ2) is 11.8. The lowest BCUT2D eigenvalue weighted by atomic mass is 10.1. The van der Waals surface area contributed by atoms with Gasteiger partial charge in [-0.1, -0.05) is 49.2 Å². The highest BCUT2D eigenvalue weighted by molar-refractivity contribution is 6.01. The maximum atomic E-state index is 11.3. The van der Waals surface area contributed by atoms with Gasteiger partial charge in [-0.05, 0) is 37.1 Å². The average Bonchev–Trinajstić information content (AvgIpc) is 3.45. The molecule has 0 amide bonds. The predicted octanol–water partition coefficient (Wildman–Crippen LogP) is 5.84. The summed E-state index contributed by atoms with van der Waals surface area (Å²) in [6.45, 7) is 1.55. The van der Waals surface area contributed by atoms with Crippen molar-refractivity contribution >= 4 is 45.9 Å². The second-order valence-electron chi connectivity index (χ2n) is 8.95. The molecule has 2 heterocycles. The SMILES string of the molecule is N#C/C(=C\c1cn(CCCCCCn2cc(/C=C(\C#N)C(=O)O)c3ccccc32)c2ccccc12)C(=O)O. The number of nitriles is 2. The molecule has 2 N–H and O–H groups in total. The third kappa shape index (κ3) is 5.66. The highest BCUT2D eigenvalue weighted by Crippen LogP contribution is 2.26. The summed E-state index contributed by atoms with van der Waals surface area (Å²) >= 11 is 0. The van der Waals surface area contributed by atoms with E-state index in [1.165, 1.54) is 12.2 Å². The van der Waals surface area contributed by atoms with Crippen LogP contribution in [0.25, 0.3) is 34.0 Å². The van der Waals surface area contributed by atoms with Crippen LogP contribution < -0.4 is 0 Å². The van der Waals surface area contributed by atoms with Crippen molar-refractivity contribution in [1.29, 1.82) is 10.5 Å². The molecule has 0 radical (unpaired) electrons. The van der Waals surface area contributed by atoms with Gasteiger partial charge >= 0.3 is 11.9 Å². The van der Waals surface area contributed by atoms with Gasteiger partial charge in [-0.25, -0.2) is 9.59 Å². The van der Waals surface area contributed by atoms with Gasteiger partial charge < -0.3 is 19.3 Å². The molecule has 8 heteroatoms. The minimum Gasteiger partial charge on any atom is -0.477 e. The average molecular weight is 507 g/mol. The van der Waals surface area contributed by atoms with E-state index in [1.54, 1.807) is 12.1 Å². The van der Waals surface area contributed by atoms with Crippen LogP contribution >= 0.6 is 0 Å². The Morgan fingerprint density at radius 2 is 1.08 bits per heavy atom. The van der Waals surface area contributed by atoms with Gasteiger partial charge in [0.15, 0.2) is 0 Å². The molecule has 0 fully saturated rings. The van der Waals surface area contributed by atoms with Gasteiger partial charge in [0.2, 0.25) is 0 Å². The number of carboxylic acids is 2. The topological polar surface area (TPSA) is 132 Å². The van der Waals surface area contributed by atoms with E-state index in [4.69, 9.17) is 10.5 Å². The number of para-hydroxylation sites is 2. The Balaban J connectivity index is 1.39. The summed E-state index contributed by atoms with van der Waals surface area (Å²) in [4.78, 5) is 22.6. The number of carboxylic acid groups (broad SMARTS) is 2. The third-order valence-corrected chi connectivity index (χ3v) is 6.49. The molecule has 4 rings (SSSR count). The highest BCUT2D eigenvalue weighted by atomic mass is 16.4. The van der Waals surface area contributed by atoms with E-state index in [9.17, 15) is 19.8 Å². The van der Waals surface area contributed by atoms with E-state index in [1.807, 2.05) is 60.9 Å². The Labute approximate surface area is 219 Å². The first kappa shape index (κ1) is 26.0. The fourth-order valence-electron chi connectivity index (χ4n) is 4.66. The van der Waals surface area contributed by atoms with Crippen molar-refractivity contribution in [2.75, 3.05) is 0 Å². The lowest BCUT2D eigenvalue weighted by Crippen LogP contribution is -1.99. The summed E-state index contributed by atoms with van der Waals surface area (Å²) in [6.07, 6.45) is 10.5. The Morgan fingerprint density at radius 3 is 1.45 bits per heavy atom. The Bertz CT molecular complexity index is 1530. The van der Waals surface area contributed by atoms with Gasteiger partial charge in [-0.3, -0.25) is 0 Å². The molecule has 2 aromatic carbocycles. The molecule has 0 bridgehead atoms. The molecule has 0 saturated carbocycles. The first-order valence-corrected chi connectivity index (χ1v) is 12.3. The zero-order chi connectivity index (χ0) is 27.1. The first-order chi connectivity index (χ1) is 18.4. The number of rotatable bonds is 11. The maximum absolute atomic E-state index is 11.3. The predicted molar refractivity (Wildman–Crippen MR) is 145 cm³/mol. The van der Waals surface area contributed by atoms with Crippen molar-refractivity contribution in [1.82, 2.24) is 9.13 Å². The standard InChI is InChI=1S/C30H26N4O4/c31-17-21(29(35)36)15-23-19-33(27-11-5-3-9-25(23)27)13-7-1-2-8-14-34-20-24(16-22(18-32)30(37)38)26-10-4-6-12-28(26)34/h3-6,9-12,15-16,19-20H,1-2,7-8,13-14H2,(H,35,36)(H,37,38)/b21-15+,22-16+. The summed E-state index contributed by atoms with van der Waals surface area (Å²) in [7, 11) is 0. The summed E-state index contributed by atoms with van der Waals surface area (Å²) in [6, 6.07) is 19.0. The normalized spacial score (nSPS) is 11.9. The van der Waals surface area contributed by atoms with E-state index >= 15 is 0 Å². The van der Waals surface area contributed by atoms with Gasteiger partial charge in [0, 0.05) is 58.4 Å². The van der Waals surface area contributed by atoms with Crippen molar-refractivity contribution in [3.63, 3.8) is 0 Å². The number of aryl methyl sites for hydroxylation is 2. The Morgan fingerprint density at radius 1 is 0.684 bits per heavy atom. The molecule has 0 spiro atoms. The Kier molecular flexibility index (Phi) is 8.05. The van der Waals surface area contributed by atoms with E-state index in [0.717, 1.165) is 60.6 Å². The molecular formula is C30H26N4O4. The number of fused-ring (bicyclic) bond motifs is 2. The number of hydrogen-bond donors (Lipinski definition) is 2. The van der Waals surface area contributed by atoms with Gasteiger partial charge in [0.1, 0.15) is 23.3 Å². The van der Waals surface area contributed by atoms with Crippen molar-refractivity contribution in [3.05, 3.63) is 83.2 Å². The van der Waals surface area contributed by atoms with Gasteiger partial charge in [-0.2, -0.15) is 10.5 Å². The number of aliphatic carboxylic acids is 2. The molecule has 0 unspecified atom stereocenters. The summed E-state index contributed by atoms with van der Waals surface area (Å²) in [5.74, 6) is -2.48. The summed E-state index contributed by atoms with van der Waals surface area (Å²) in [5.41, 5.74) is 2.84. The van der Waals surface area contributed by atoms with Crippen molar-refractivity contribution in [2.24, 2.45) is 0 Å². The second-order valence-corrected chi connectivity index (χ2v) is 8.95. The molecule has 38 heavy (non-hydrogen) atoms. The zero-order valence-corrected chi connectivity index (χ0v) is 20.7. The molecule has 190 valence electrons. The molecule has 0 atom stereocenters. The van der Waals surface area contributed by atoms with Crippen LogP contribution in [0.5, 0.6) is 0 Å². The van der Waals surface area contributed by atoms with Gasteiger partial charge in [0.05, 0.1) is 0 Å². The van der Waals surface area contributed by atoms with E-state index in [2.05, 4.69) is 9.13 Å². The summed E-state index contributed by atoms with van der Waals surface area (Å²) < 4.78 is 4.20. The van der Waals surface area contributed by atoms with Crippen LogP contribution in [0.2, 0.25) is 0 Å². The smallest absolute Gasteiger partial charge is 0.346 e. The molecule has 2 aromatic heterocycles. The van der Waals surface area contributed by atoms with Gasteiger partial charge in [-0.15, -0.1) is 0 Å². The first-order valence-electron chi connectivity index (χ1n) is 12.3. The van der Waals surface area contributed by atoms with Crippen LogP contribution in [0.1, 0.15) is 36.8 Å². The van der Waals surface area contributed by atoms with Crippen molar-refractivity contribution in [3.8, 4) is 12.1 Å². The molecule has 8 nitrogen and oxygen atoms in total. The quantitative estimate of drug-likeness (QED) is 0.149. The van der Waals surface area contributed by atoms with E-state index in [0.29, 0.717) is 11.1 Å². The van der Waals surface area contributed by atoms with Crippen molar-refractivity contribution in [2.45, 2.75) is 38.8 Å². The van der Waals surface area contributed by atoms with E-state index in [-0.39, 0.29) is 11.1 Å². The Hall–Kier alpha value is -5.08. The van der Waals surface area contributed by atoms with Crippen LogP contribution in [0.3, 0.4) is 0 Å². The number of unbranched alkanes of at least 4 members (excludes halogenated alkanes) is 3. The van der Waals surface area contributed by atoms with Crippen molar-refractivity contribution < 1.29 is 19.8 Å². The lowest BCUT2D eigenvalue weighted by Gasteiger charge is -2.07. The largest absolute Gasteiger partial charge is 0.477 e. The molecule has 0 saturated heterocycles. The minimum absolute atomic E-state index is 0.295. The van der Waals surface area contributed by atoms with Gasteiger partial charge in [0.25, 0.3) is 0 Å². The highest BCUT2D eigenvalue weighted by Gasteiger charge is 2.12. The number of hydrogen-bond acceptors (Lipinski definition) is 4. The number of nitrogens with zero attached hydrogens (tertiary/aromatic N) is 4. The molecule has 0 aliphatic rings. The third-order valence-electron chi connectivity index (χ3n) is 6.49. The van der Waals surface area contributed by atoms with Crippen LogP contribution in [0.15, 0.2) is 72.1 Å². The number of benzene rings is 2. The van der Waals surface area contributed by atoms with Crippen LogP contribution in [0, 0.1) is 22.7 Å². The molecular weight excluding hydrogens is 480 g/mol. The number of aromatic nitrogens is 2. The lowest BCUT2D eigenvalue weighted by molar-refractivity contribution is -0.133. The summed E-state index contributed by atoms with van der Waals surface area (Å²) in [5, 5.41) is 38.5. The van der Waals surface area contributed by atoms with Crippen LogP contribution in [-0.2, 0) is 22.7 Å². The zero-order valence-electron chi connectivity index (χ0n) is 20.7. The molecule has 4 aromatic rings. The van der Waals surface area contributed by atoms with E-state index < -0.39 is 11.9 Å². The van der Waals surface area contributed by atoms with Crippen LogP contribution in [-0.4, -0.2) is 31.3 Å². The fourth-order valence-corrected chi connectivity index (χ4v) is 4.66. The minimum atomic E-state index is -1.24. The molecule has 0 aliphatic heterocycles.